The van der Waals surface area contributed by atoms with Crippen LogP contribution in [0.5, 0.6) is 0 Å². The number of anilines is 2. The molecular formula is C20H24N8O. The molecule has 0 atom stereocenters. The molecule has 9 heteroatoms. The van der Waals surface area contributed by atoms with Crippen LogP contribution in [0.15, 0.2) is 30.5 Å². The van der Waals surface area contributed by atoms with Crippen LogP contribution in [-0.2, 0) is 4.79 Å². The molecule has 3 heterocycles. The summed E-state index contributed by atoms with van der Waals surface area (Å²) in [7, 11) is 0. The lowest BCUT2D eigenvalue weighted by atomic mass is 9.92. The highest BCUT2D eigenvalue weighted by Gasteiger charge is 2.22. The molecule has 1 aliphatic heterocycles. The summed E-state index contributed by atoms with van der Waals surface area (Å²) in [5.74, 6) is 0.761. The number of nitrogens with one attached hydrogen (secondary N) is 1. The SMILES string of the molecule is N[C@H]1CC[C@H](Nc2ncc3nnn(-c4ccc(N5CCCC5=O)cc4)c3n2)CC1. The van der Waals surface area contributed by atoms with Gasteiger partial charge in [0.05, 0.1) is 11.9 Å². The van der Waals surface area contributed by atoms with Crippen molar-refractivity contribution in [3.05, 3.63) is 30.5 Å². The smallest absolute Gasteiger partial charge is 0.227 e. The van der Waals surface area contributed by atoms with Crippen LogP contribution < -0.4 is 16.0 Å². The Bertz CT molecular complexity index is 1020. The second kappa shape index (κ2) is 7.40. The Morgan fingerprint density at radius 2 is 1.83 bits per heavy atom. The molecular weight excluding hydrogens is 368 g/mol. The standard InChI is InChI=1S/C20H24N8O/c21-13-3-5-14(6-4-13)23-20-22-12-17-19(24-20)28(26-25-17)16-9-7-15(8-10-16)27-11-1-2-18(27)29/h7-10,12-14H,1-6,11,21H2,(H,22,23,24)/t13-,14-. The first-order valence-electron chi connectivity index (χ1n) is 10.2. The molecule has 1 saturated heterocycles. The Labute approximate surface area is 168 Å². The summed E-state index contributed by atoms with van der Waals surface area (Å²) < 4.78 is 1.70. The zero-order chi connectivity index (χ0) is 19.8. The van der Waals surface area contributed by atoms with Gasteiger partial charge in [0.15, 0.2) is 11.2 Å². The van der Waals surface area contributed by atoms with Crippen LogP contribution in [0.2, 0.25) is 0 Å². The fourth-order valence-corrected chi connectivity index (χ4v) is 4.11. The quantitative estimate of drug-likeness (QED) is 0.698. The van der Waals surface area contributed by atoms with Crippen LogP contribution >= 0.6 is 0 Å². The van der Waals surface area contributed by atoms with E-state index >= 15 is 0 Å². The number of hydrogen-bond acceptors (Lipinski definition) is 7. The molecule has 5 rings (SSSR count). The largest absolute Gasteiger partial charge is 0.351 e. The van der Waals surface area contributed by atoms with E-state index < -0.39 is 0 Å². The molecule has 0 unspecified atom stereocenters. The molecule has 0 radical (unpaired) electrons. The molecule has 0 bridgehead atoms. The van der Waals surface area contributed by atoms with Gasteiger partial charge in [0.1, 0.15) is 0 Å². The van der Waals surface area contributed by atoms with Gasteiger partial charge >= 0.3 is 0 Å². The van der Waals surface area contributed by atoms with Gasteiger partial charge in [-0.1, -0.05) is 5.21 Å². The predicted octanol–water partition coefficient (Wildman–Crippen LogP) is 2.02. The maximum Gasteiger partial charge on any atom is 0.227 e. The first kappa shape index (κ1) is 18.0. The molecule has 2 aromatic heterocycles. The van der Waals surface area contributed by atoms with Crippen molar-refractivity contribution in [2.45, 2.75) is 50.6 Å². The van der Waals surface area contributed by atoms with E-state index in [1.165, 1.54) is 0 Å². The Hall–Kier alpha value is -3.07. The minimum absolute atomic E-state index is 0.177. The lowest BCUT2D eigenvalue weighted by Crippen LogP contribution is -2.33. The first-order chi connectivity index (χ1) is 14.2. The van der Waals surface area contributed by atoms with Crippen molar-refractivity contribution in [2.24, 2.45) is 5.73 Å². The van der Waals surface area contributed by atoms with Gasteiger partial charge in [-0.2, -0.15) is 9.67 Å². The van der Waals surface area contributed by atoms with Crippen molar-refractivity contribution < 1.29 is 4.79 Å². The summed E-state index contributed by atoms with van der Waals surface area (Å²) >= 11 is 0. The number of amides is 1. The molecule has 2 aliphatic rings. The third-order valence-electron chi connectivity index (χ3n) is 5.78. The number of hydrogen-bond donors (Lipinski definition) is 2. The Morgan fingerprint density at radius 1 is 1.07 bits per heavy atom. The number of carbonyl (C=O) groups excluding carboxylic acids is 1. The maximum atomic E-state index is 11.9. The van der Waals surface area contributed by atoms with Crippen molar-refractivity contribution in [2.75, 3.05) is 16.8 Å². The van der Waals surface area contributed by atoms with E-state index in [9.17, 15) is 4.79 Å². The minimum Gasteiger partial charge on any atom is -0.351 e. The van der Waals surface area contributed by atoms with Crippen molar-refractivity contribution in [3.63, 3.8) is 0 Å². The fourth-order valence-electron chi connectivity index (χ4n) is 4.11. The van der Waals surface area contributed by atoms with E-state index in [1.54, 1.807) is 10.9 Å². The Kier molecular flexibility index (Phi) is 4.59. The van der Waals surface area contributed by atoms with Crippen molar-refractivity contribution in [3.8, 4) is 5.69 Å². The number of nitrogens with two attached hydrogens (primary N) is 1. The highest BCUT2D eigenvalue weighted by molar-refractivity contribution is 5.95. The van der Waals surface area contributed by atoms with Crippen molar-refractivity contribution in [1.82, 2.24) is 25.0 Å². The summed E-state index contributed by atoms with van der Waals surface area (Å²) in [6.07, 6.45) is 7.31. The molecule has 0 spiro atoms. The molecule has 2 fully saturated rings. The van der Waals surface area contributed by atoms with E-state index in [1.807, 2.05) is 29.2 Å². The van der Waals surface area contributed by atoms with E-state index in [0.717, 1.165) is 50.0 Å². The lowest BCUT2D eigenvalue weighted by molar-refractivity contribution is -0.117. The normalized spacial score (nSPS) is 22.4. The molecule has 29 heavy (non-hydrogen) atoms. The monoisotopic (exact) mass is 392 g/mol. The van der Waals surface area contributed by atoms with Gasteiger partial charge in [0.2, 0.25) is 11.9 Å². The van der Waals surface area contributed by atoms with Crippen LogP contribution in [-0.4, -0.2) is 49.5 Å². The summed E-state index contributed by atoms with van der Waals surface area (Å²) in [4.78, 5) is 22.8. The molecule has 3 N–H and O–H groups in total. The molecule has 1 saturated carbocycles. The van der Waals surface area contributed by atoms with Gasteiger partial charge in [-0.15, -0.1) is 5.10 Å². The van der Waals surface area contributed by atoms with Crippen molar-refractivity contribution >= 4 is 28.7 Å². The van der Waals surface area contributed by atoms with Gasteiger partial charge in [-0.05, 0) is 56.4 Å². The maximum absolute atomic E-state index is 11.9. The molecule has 1 amide bonds. The number of nitrogens with zero attached hydrogens (tertiary/aromatic N) is 6. The highest BCUT2D eigenvalue weighted by Crippen LogP contribution is 2.24. The van der Waals surface area contributed by atoms with E-state index in [0.29, 0.717) is 35.6 Å². The number of carbonyl (C=O) groups is 1. The molecule has 1 aliphatic carbocycles. The summed E-state index contributed by atoms with van der Waals surface area (Å²) in [6, 6.07) is 8.41. The van der Waals surface area contributed by atoms with Crippen LogP contribution in [0, 0.1) is 0 Å². The summed E-state index contributed by atoms with van der Waals surface area (Å²) in [5.41, 5.74) is 9.04. The van der Waals surface area contributed by atoms with Gasteiger partial charge in [-0.25, -0.2) is 4.98 Å². The third kappa shape index (κ3) is 3.53. The average Bonchev–Trinajstić information content (AvgIpc) is 3.36. The average molecular weight is 392 g/mol. The second-order valence-corrected chi connectivity index (χ2v) is 7.83. The zero-order valence-electron chi connectivity index (χ0n) is 16.2. The van der Waals surface area contributed by atoms with E-state index in [4.69, 9.17) is 5.73 Å². The lowest BCUT2D eigenvalue weighted by Gasteiger charge is -2.26. The van der Waals surface area contributed by atoms with Crippen LogP contribution in [0.3, 0.4) is 0 Å². The Morgan fingerprint density at radius 3 is 2.55 bits per heavy atom. The number of rotatable bonds is 4. The molecule has 3 aromatic rings. The molecule has 1 aromatic carbocycles. The van der Waals surface area contributed by atoms with Crippen LogP contribution in [0.4, 0.5) is 11.6 Å². The molecule has 150 valence electrons. The fraction of sp³-hybridized carbons (Fsp3) is 0.450. The van der Waals surface area contributed by atoms with Gasteiger partial charge < -0.3 is 16.0 Å². The van der Waals surface area contributed by atoms with Crippen LogP contribution in [0.25, 0.3) is 16.9 Å². The predicted molar refractivity (Wildman–Crippen MR) is 110 cm³/mol. The summed E-state index contributed by atoms with van der Waals surface area (Å²) in [5, 5.41) is 11.9. The van der Waals surface area contributed by atoms with Crippen LogP contribution in [0.1, 0.15) is 38.5 Å². The first-order valence-corrected chi connectivity index (χ1v) is 10.2. The Balaban J connectivity index is 1.39. The van der Waals surface area contributed by atoms with E-state index in [2.05, 4.69) is 25.6 Å². The highest BCUT2D eigenvalue weighted by atomic mass is 16.2. The zero-order valence-corrected chi connectivity index (χ0v) is 16.2. The number of aromatic nitrogens is 5. The summed E-state index contributed by atoms with van der Waals surface area (Å²) in [6.45, 7) is 0.777. The topological polar surface area (TPSA) is 115 Å². The van der Waals surface area contributed by atoms with Gasteiger partial charge in [0, 0.05) is 30.7 Å². The second-order valence-electron chi connectivity index (χ2n) is 7.83. The number of benzene rings is 1. The van der Waals surface area contributed by atoms with E-state index in [-0.39, 0.29) is 5.91 Å². The third-order valence-corrected chi connectivity index (χ3v) is 5.78. The van der Waals surface area contributed by atoms with Gasteiger partial charge in [-0.3, -0.25) is 4.79 Å². The van der Waals surface area contributed by atoms with Gasteiger partial charge in [0.25, 0.3) is 0 Å². The van der Waals surface area contributed by atoms with Crippen molar-refractivity contribution in [1.29, 1.82) is 0 Å². The molecule has 9 nitrogen and oxygen atoms in total. The number of fused-ring (bicyclic) bond motifs is 1. The minimum atomic E-state index is 0.177.